The van der Waals surface area contributed by atoms with Crippen LogP contribution in [-0.4, -0.2) is 20.1 Å². The van der Waals surface area contributed by atoms with Crippen LogP contribution in [-0.2, 0) is 17.8 Å². The second-order valence-corrected chi connectivity index (χ2v) is 5.21. The first-order chi connectivity index (χ1) is 11.5. The van der Waals surface area contributed by atoms with Crippen molar-refractivity contribution in [3.05, 3.63) is 59.2 Å². The molecule has 24 heavy (non-hydrogen) atoms. The minimum Gasteiger partial charge on any atom is -0.493 e. The molecule has 0 radical (unpaired) electrons. The summed E-state index contributed by atoms with van der Waals surface area (Å²) in [5.41, 5.74) is 1.45. The fraction of sp³-hybridized carbons (Fsp3) is 0.278. The number of hydrogen-bond donors (Lipinski definition) is 1. The lowest BCUT2D eigenvalue weighted by Gasteiger charge is -2.10. The van der Waals surface area contributed by atoms with Gasteiger partial charge in [-0.3, -0.25) is 4.79 Å². The van der Waals surface area contributed by atoms with E-state index in [4.69, 9.17) is 9.47 Å². The van der Waals surface area contributed by atoms with Crippen LogP contribution in [0.3, 0.4) is 0 Å². The lowest BCUT2D eigenvalue weighted by molar-refractivity contribution is -0.121. The highest BCUT2D eigenvalue weighted by Crippen LogP contribution is 2.27. The van der Waals surface area contributed by atoms with Crippen LogP contribution in [0.2, 0.25) is 0 Å². The van der Waals surface area contributed by atoms with E-state index in [9.17, 15) is 13.6 Å². The number of hydrogen-bond acceptors (Lipinski definition) is 3. The van der Waals surface area contributed by atoms with Crippen molar-refractivity contribution < 1.29 is 23.0 Å². The summed E-state index contributed by atoms with van der Waals surface area (Å²) in [5.74, 6) is -0.763. The number of carbonyl (C=O) groups is 1. The number of benzene rings is 2. The zero-order chi connectivity index (χ0) is 17.5. The zero-order valence-corrected chi connectivity index (χ0v) is 13.6. The number of aryl methyl sites for hydroxylation is 1. The van der Waals surface area contributed by atoms with Gasteiger partial charge in [0.15, 0.2) is 23.1 Å². The summed E-state index contributed by atoms with van der Waals surface area (Å²) in [6.07, 6.45) is 0.809. The van der Waals surface area contributed by atoms with E-state index in [2.05, 4.69) is 5.32 Å². The Morgan fingerprint density at radius 1 is 0.958 bits per heavy atom. The maximum atomic E-state index is 13.1. The molecule has 0 heterocycles. The Morgan fingerprint density at radius 3 is 2.33 bits per heavy atom. The standard InChI is InChI=1S/C18H19F2NO3/c1-23-16-7-4-12(10-17(16)24-2)5-8-18(22)21-11-13-3-6-14(19)15(20)9-13/h3-4,6-7,9-10H,5,8,11H2,1-2H3,(H,21,22). The van der Waals surface area contributed by atoms with Crippen molar-refractivity contribution in [3.63, 3.8) is 0 Å². The molecule has 2 aromatic carbocycles. The van der Waals surface area contributed by atoms with Gasteiger partial charge >= 0.3 is 0 Å². The summed E-state index contributed by atoms with van der Waals surface area (Å²) in [4.78, 5) is 11.9. The minimum absolute atomic E-state index is 0.155. The lowest BCUT2D eigenvalue weighted by atomic mass is 10.1. The number of rotatable bonds is 7. The third kappa shape index (κ3) is 4.68. The van der Waals surface area contributed by atoms with E-state index >= 15 is 0 Å². The predicted molar refractivity (Wildman–Crippen MR) is 86.1 cm³/mol. The Balaban J connectivity index is 1.85. The second kappa shape index (κ2) is 8.29. The molecule has 6 heteroatoms. The Labute approximate surface area is 139 Å². The van der Waals surface area contributed by atoms with E-state index < -0.39 is 11.6 Å². The maximum absolute atomic E-state index is 13.1. The van der Waals surface area contributed by atoms with Gasteiger partial charge in [0.2, 0.25) is 5.91 Å². The Morgan fingerprint density at radius 2 is 1.67 bits per heavy atom. The minimum atomic E-state index is -0.924. The SMILES string of the molecule is COc1ccc(CCC(=O)NCc2ccc(F)c(F)c2)cc1OC. The predicted octanol–water partition coefficient (Wildman–Crippen LogP) is 3.23. The van der Waals surface area contributed by atoms with Crippen LogP contribution in [0.1, 0.15) is 17.5 Å². The summed E-state index contributed by atoms with van der Waals surface area (Å²) in [5, 5.41) is 2.68. The van der Waals surface area contributed by atoms with Crippen LogP contribution in [0.25, 0.3) is 0 Å². The largest absolute Gasteiger partial charge is 0.493 e. The van der Waals surface area contributed by atoms with Crippen LogP contribution in [0.4, 0.5) is 8.78 Å². The van der Waals surface area contributed by atoms with Gasteiger partial charge < -0.3 is 14.8 Å². The third-order valence-corrected chi connectivity index (χ3v) is 3.56. The molecule has 0 saturated carbocycles. The number of amides is 1. The van der Waals surface area contributed by atoms with E-state index in [1.165, 1.54) is 6.07 Å². The first kappa shape index (κ1) is 17.7. The van der Waals surface area contributed by atoms with Gasteiger partial charge in [-0.05, 0) is 41.8 Å². The molecule has 2 aromatic rings. The van der Waals surface area contributed by atoms with E-state index in [0.717, 1.165) is 17.7 Å². The second-order valence-electron chi connectivity index (χ2n) is 5.21. The van der Waals surface area contributed by atoms with Gasteiger partial charge in [0, 0.05) is 13.0 Å². The normalized spacial score (nSPS) is 10.3. The molecular weight excluding hydrogens is 316 g/mol. The molecule has 0 bridgehead atoms. The molecule has 2 rings (SSSR count). The van der Waals surface area contributed by atoms with Gasteiger partial charge in [-0.15, -0.1) is 0 Å². The summed E-state index contributed by atoms with van der Waals surface area (Å²) in [6.45, 7) is 0.155. The smallest absolute Gasteiger partial charge is 0.220 e. The van der Waals surface area contributed by atoms with E-state index in [1.54, 1.807) is 20.3 Å². The molecule has 128 valence electrons. The van der Waals surface area contributed by atoms with Crippen molar-refractivity contribution in [2.75, 3.05) is 14.2 Å². The highest BCUT2D eigenvalue weighted by Gasteiger charge is 2.08. The summed E-state index contributed by atoms with van der Waals surface area (Å²) in [6, 6.07) is 9.02. The summed E-state index contributed by atoms with van der Waals surface area (Å²) < 4.78 is 36.3. The van der Waals surface area contributed by atoms with Crippen molar-refractivity contribution >= 4 is 5.91 Å². The Kier molecular flexibility index (Phi) is 6.12. The molecule has 0 atom stereocenters. The van der Waals surface area contributed by atoms with Gasteiger partial charge in [-0.25, -0.2) is 8.78 Å². The Hall–Kier alpha value is -2.63. The van der Waals surface area contributed by atoms with Gasteiger partial charge in [-0.1, -0.05) is 12.1 Å². The first-order valence-electron chi connectivity index (χ1n) is 7.45. The van der Waals surface area contributed by atoms with E-state index in [0.29, 0.717) is 23.5 Å². The number of halogens is 2. The van der Waals surface area contributed by atoms with Crippen LogP contribution >= 0.6 is 0 Å². The average molecular weight is 335 g/mol. The molecule has 0 aliphatic rings. The number of nitrogens with one attached hydrogen (secondary N) is 1. The van der Waals surface area contributed by atoms with Gasteiger partial charge in [0.1, 0.15) is 0 Å². The maximum Gasteiger partial charge on any atom is 0.220 e. The Bertz CT molecular complexity index is 719. The fourth-order valence-corrected chi connectivity index (χ4v) is 2.23. The van der Waals surface area contributed by atoms with Crippen molar-refractivity contribution in [1.29, 1.82) is 0 Å². The van der Waals surface area contributed by atoms with Crippen LogP contribution in [0.5, 0.6) is 11.5 Å². The number of methoxy groups -OCH3 is 2. The molecule has 0 aliphatic carbocycles. The van der Waals surface area contributed by atoms with E-state index in [1.807, 2.05) is 12.1 Å². The first-order valence-corrected chi connectivity index (χ1v) is 7.45. The molecule has 0 aromatic heterocycles. The molecule has 0 unspecified atom stereocenters. The van der Waals surface area contributed by atoms with Gasteiger partial charge in [-0.2, -0.15) is 0 Å². The van der Waals surface area contributed by atoms with Gasteiger partial charge in [0.25, 0.3) is 0 Å². The highest BCUT2D eigenvalue weighted by molar-refractivity contribution is 5.76. The van der Waals surface area contributed by atoms with Crippen molar-refractivity contribution in [2.24, 2.45) is 0 Å². The molecule has 0 saturated heterocycles. The molecule has 0 fully saturated rings. The third-order valence-electron chi connectivity index (χ3n) is 3.56. The topological polar surface area (TPSA) is 47.6 Å². The molecule has 4 nitrogen and oxygen atoms in total. The van der Waals surface area contributed by atoms with Crippen LogP contribution < -0.4 is 14.8 Å². The average Bonchev–Trinajstić information content (AvgIpc) is 2.60. The van der Waals surface area contributed by atoms with E-state index in [-0.39, 0.29) is 18.9 Å². The quantitative estimate of drug-likeness (QED) is 0.845. The van der Waals surface area contributed by atoms with Crippen molar-refractivity contribution in [3.8, 4) is 11.5 Å². The van der Waals surface area contributed by atoms with Crippen molar-refractivity contribution in [2.45, 2.75) is 19.4 Å². The van der Waals surface area contributed by atoms with Crippen LogP contribution in [0.15, 0.2) is 36.4 Å². The monoisotopic (exact) mass is 335 g/mol. The summed E-state index contributed by atoms with van der Waals surface area (Å²) in [7, 11) is 3.11. The molecule has 0 aliphatic heterocycles. The summed E-state index contributed by atoms with van der Waals surface area (Å²) >= 11 is 0. The molecule has 0 spiro atoms. The van der Waals surface area contributed by atoms with Crippen molar-refractivity contribution in [1.82, 2.24) is 5.32 Å². The molecular formula is C18H19F2NO3. The van der Waals surface area contributed by atoms with Crippen LogP contribution in [0, 0.1) is 11.6 Å². The van der Waals surface area contributed by atoms with Gasteiger partial charge in [0.05, 0.1) is 14.2 Å². The number of carbonyl (C=O) groups excluding carboxylic acids is 1. The fourth-order valence-electron chi connectivity index (χ4n) is 2.23. The number of ether oxygens (including phenoxy) is 2. The zero-order valence-electron chi connectivity index (χ0n) is 13.6. The lowest BCUT2D eigenvalue weighted by Crippen LogP contribution is -2.23. The molecule has 1 N–H and O–H groups in total. The highest BCUT2D eigenvalue weighted by atomic mass is 19.2. The molecule has 1 amide bonds.